The predicted octanol–water partition coefficient (Wildman–Crippen LogP) is 1.17. The molecule has 0 aromatic heterocycles. The van der Waals surface area contributed by atoms with Gasteiger partial charge in [-0.3, -0.25) is 10.1 Å². The van der Waals surface area contributed by atoms with Crippen molar-refractivity contribution in [3.05, 3.63) is 0 Å². The Kier molecular flexibility index (Phi) is 3.32. The quantitative estimate of drug-likeness (QED) is 0.815. The Labute approximate surface area is 110 Å². The Bertz CT molecular complexity index is 327. The predicted molar refractivity (Wildman–Crippen MR) is 71.2 cm³/mol. The second-order valence-corrected chi connectivity index (χ2v) is 6.22. The summed E-state index contributed by atoms with van der Waals surface area (Å²) in [4.78, 5) is 16.7. The summed E-state index contributed by atoms with van der Waals surface area (Å²) in [5.41, 5.74) is -0.113. The van der Waals surface area contributed by atoms with Crippen LogP contribution >= 0.6 is 0 Å². The molecular weight excluding hydrogens is 226 g/mol. The molecule has 2 heterocycles. The highest BCUT2D eigenvalue weighted by atomic mass is 16.2. The normalized spacial score (nSPS) is 31.3. The van der Waals surface area contributed by atoms with Gasteiger partial charge in [0.15, 0.2) is 0 Å². The van der Waals surface area contributed by atoms with Crippen molar-refractivity contribution in [3.8, 4) is 0 Å². The van der Waals surface area contributed by atoms with Gasteiger partial charge < -0.3 is 9.80 Å². The SMILES string of the molecule is CC1CCCCN1CCCN1CNC2(CC2)C1=O. The molecule has 0 aromatic carbocycles. The number of hydrogen-bond acceptors (Lipinski definition) is 3. The van der Waals surface area contributed by atoms with Crippen LogP contribution in [0.2, 0.25) is 0 Å². The third-order valence-electron chi connectivity index (χ3n) is 4.87. The number of piperidine rings is 1. The number of likely N-dealkylation sites (tertiary alicyclic amines) is 1. The summed E-state index contributed by atoms with van der Waals surface area (Å²) in [5, 5.41) is 3.37. The van der Waals surface area contributed by atoms with Crippen LogP contribution in [-0.2, 0) is 4.79 Å². The molecular formula is C14H25N3O. The maximum Gasteiger partial charge on any atom is 0.243 e. The van der Waals surface area contributed by atoms with Gasteiger partial charge in [-0.2, -0.15) is 0 Å². The molecule has 102 valence electrons. The van der Waals surface area contributed by atoms with Gasteiger partial charge in [-0.1, -0.05) is 6.42 Å². The van der Waals surface area contributed by atoms with E-state index in [0.29, 0.717) is 5.91 Å². The summed E-state index contributed by atoms with van der Waals surface area (Å²) in [5.74, 6) is 0.356. The second-order valence-electron chi connectivity index (χ2n) is 6.22. The van der Waals surface area contributed by atoms with Crippen LogP contribution in [0, 0.1) is 0 Å². The molecule has 2 aliphatic heterocycles. The van der Waals surface area contributed by atoms with Gasteiger partial charge in [0.2, 0.25) is 5.91 Å². The molecule has 1 atom stereocenters. The zero-order valence-corrected chi connectivity index (χ0v) is 11.5. The third kappa shape index (κ3) is 2.28. The summed E-state index contributed by atoms with van der Waals surface area (Å²) in [7, 11) is 0. The maximum absolute atomic E-state index is 12.1. The standard InChI is InChI=1S/C14H25N3O/c1-12-5-2-3-8-16(12)9-4-10-17-11-15-14(6-7-14)13(17)18/h12,15H,2-11H2,1H3. The lowest BCUT2D eigenvalue weighted by Gasteiger charge is -2.33. The lowest BCUT2D eigenvalue weighted by Crippen LogP contribution is -2.39. The van der Waals surface area contributed by atoms with Crippen molar-refractivity contribution in [1.29, 1.82) is 0 Å². The smallest absolute Gasteiger partial charge is 0.243 e. The average Bonchev–Trinajstić information content (AvgIpc) is 3.09. The monoisotopic (exact) mass is 251 g/mol. The minimum Gasteiger partial charge on any atom is -0.328 e. The third-order valence-corrected chi connectivity index (χ3v) is 4.87. The van der Waals surface area contributed by atoms with Crippen LogP contribution in [-0.4, -0.2) is 53.6 Å². The summed E-state index contributed by atoms with van der Waals surface area (Å²) in [6.45, 7) is 6.43. The van der Waals surface area contributed by atoms with Gasteiger partial charge in [-0.05, 0) is 45.6 Å². The molecule has 2 saturated heterocycles. The first-order chi connectivity index (χ1) is 8.71. The molecule has 4 heteroatoms. The zero-order chi connectivity index (χ0) is 12.6. The van der Waals surface area contributed by atoms with Crippen LogP contribution in [0.25, 0.3) is 0 Å². The van der Waals surface area contributed by atoms with Gasteiger partial charge in [0.25, 0.3) is 0 Å². The number of hydrogen-bond donors (Lipinski definition) is 1. The molecule has 1 N–H and O–H groups in total. The van der Waals surface area contributed by atoms with E-state index in [9.17, 15) is 4.79 Å². The molecule has 1 aliphatic carbocycles. The first kappa shape index (κ1) is 12.4. The highest BCUT2D eigenvalue weighted by Crippen LogP contribution is 2.40. The Morgan fingerprint density at radius 2 is 2.17 bits per heavy atom. The van der Waals surface area contributed by atoms with E-state index in [-0.39, 0.29) is 5.54 Å². The fourth-order valence-electron chi connectivity index (χ4n) is 3.35. The van der Waals surface area contributed by atoms with Crippen molar-refractivity contribution in [2.24, 2.45) is 0 Å². The molecule has 1 saturated carbocycles. The Hall–Kier alpha value is -0.610. The molecule has 3 fully saturated rings. The summed E-state index contributed by atoms with van der Waals surface area (Å²) in [6.07, 6.45) is 7.28. The van der Waals surface area contributed by atoms with E-state index in [4.69, 9.17) is 0 Å². The summed E-state index contributed by atoms with van der Waals surface area (Å²) < 4.78 is 0. The molecule has 1 spiro atoms. The number of carbonyl (C=O) groups is 1. The van der Waals surface area contributed by atoms with Crippen molar-refractivity contribution in [1.82, 2.24) is 15.1 Å². The van der Waals surface area contributed by atoms with E-state index in [0.717, 1.165) is 45.1 Å². The topological polar surface area (TPSA) is 35.6 Å². The molecule has 3 rings (SSSR count). The minimum atomic E-state index is -0.113. The second kappa shape index (κ2) is 4.82. The number of rotatable bonds is 4. The molecule has 4 nitrogen and oxygen atoms in total. The molecule has 18 heavy (non-hydrogen) atoms. The average molecular weight is 251 g/mol. The van der Waals surface area contributed by atoms with Crippen molar-refractivity contribution in [3.63, 3.8) is 0 Å². The van der Waals surface area contributed by atoms with Crippen molar-refractivity contribution < 1.29 is 4.79 Å². The van der Waals surface area contributed by atoms with Gasteiger partial charge in [-0.15, -0.1) is 0 Å². The van der Waals surface area contributed by atoms with Crippen molar-refractivity contribution >= 4 is 5.91 Å². The lowest BCUT2D eigenvalue weighted by atomic mass is 10.0. The minimum absolute atomic E-state index is 0.113. The number of carbonyl (C=O) groups excluding carboxylic acids is 1. The zero-order valence-electron chi connectivity index (χ0n) is 11.5. The largest absolute Gasteiger partial charge is 0.328 e. The van der Waals surface area contributed by atoms with Gasteiger partial charge in [0, 0.05) is 19.1 Å². The fraction of sp³-hybridized carbons (Fsp3) is 0.929. The van der Waals surface area contributed by atoms with Gasteiger partial charge >= 0.3 is 0 Å². The van der Waals surface area contributed by atoms with Gasteiger partial charge in [-0.25, -0.2) is 0 Å². The van der Waals surface area contributed by atoms with Crippen LogP contribution in [0.5, 0.6) is 0 Å². The fourth-order valence-corrected chi connectivity index (χ4v) is 3.35. The Balaban J connectivity index is 1.41. The molecule has 1 amide bonds. The highest BCUT2D eigenvalue weighted by Gasteiger charge is 2.55. The van der Waals surface area contributed by atoms with Crippen LogP contribution in [0.4, 0.5) is 0 Å². The van der Waals surface area contributed by atoms with Crippen LogP contribution in [0.15, 0.2) is 0 Å². The first-order valence-corrected chi connectivity index (χ1v) is 7.50. The number of nitrogens with one attached hydrogen (secondary N) is 1. The van der Waals surface area contributed by atoms with Crippen molar-refractivity contribution in [2.45, 2.75) is 57.0 Å². The molecule has 1 unspecified atom stereocenters. The van der Waals surface area contributed by atoms with E-state index >= 15 is 0 Å². The lowest BCUT2D eigenvalue weighted by molar-refractivity contribution is -0.129. The van der Waals surface area contributed by atoms with Gasteiger partial charge in [0.05, 0.1) is 12.2 Å². The molecule has 0 bridgehead atoms. The van der Waals surface area contributed by atoms with Crippen LogP contribution in [0.1, 0.15) is 45.4 Å². The van der Waals surface area contributed by atoms with Crippen molar-refractivity contribution in [2.75, 3.05) is 26.3 Å². The van der Waals surface area contributed by atoms with E-state index in [1.165, 1.54) is 25.8 Å². The maximum atomic E-state index is 12.1. The Morgan fingerprint density at radius 1 is 1.33 bits per heavy atom. The van der Waals surface area contributed by atoms with Gasteiger partial charge in [0.1, 0.15) is 0 Å². The Morgan fingerprint density at radius 3 is 2.83 bits per heavy atom. The molecule has 0 aromatic rings. The summed E-state index contributed by atoms with van der Waals surface area (Å²) in [6, 6.07) is 0.737. The first-order valence-electron chi connectivity index (χ1n) is 7.50. The van der Waals surface area contributed by atoms with Crippen LogP contribution in [0.3, 0.4) is 0 Å². The van der Waals surface area contributed by atoms with E-state index < -0.39 is 0 Å². The highest BCUT2D eigenvalue weighted by molar-refractivity contribution is 5.91. The van der Waals surface area contributed by atoms with E-state index in [1.807, 2.05) is 4.90 Å². The van der Waals surface area contributed by atoms with E-state index in [1.54, 1.807) is 0 Å². The number of amides is 1. The molecule has 3 aliphatic rings. The van der Waals surface area contributed by atoms with Crippen LogP contribution < -0.4 is 5.32 Å². The summed E-state index contributed by atoms with van der Waals surface area (Å²) >= 11 is 0. The molecule has 0 radical (unpaired) electrons. The number of nitrogens with zero attached hydrogens (tertiary/aromatic N) is 2. The van der Waals surface area contributed by atoms with E-state index in [2.05, 4.69) is 17.1 Å².